The van der Waals surface area contributed by atoms with Crippen molar-refractivity contribution in [3.05, 3.63) is 35.6 Å². The lowest BCUT2D eigenvalue weighted by molar-refractivity contribution is -0.137. The molecule has 3 heterocycles. The van der Waals surface area contributed by atoms with Crippen LogP contribution in [0.15, 0.2) is 35.0 Å². The zero-order valence-corrected chi connectivity index (χ0v) is 18.1. The van der Waals surface area contributed by atoms with Crippen LogP contribution in [0.2, 0.25) is 0 Å². The van der Waals surface area contributed by atoms with E-state index in [1.54, 1.807) is 14.2 Å². The number of benzene rings is 1. The molecule has 3 aliphatic rings. The van der Waals surface area contributed by atoms with E-state index in [0.717, 1.165) is 36.5 Å². The summed E-state index contributed by atoms with van der Waals surface area (Å²) in [7, 11) is 4.56. The molecule has 1 N–H and O–H groups in total. The average molecular weight is 415 g/mol. The van der Waals surface area contributed by atoms with E-state index in [9.17, 15) is 9.90 Å². The molecule has 0 radical (unpaired) electrons. The summed E-state index contributed by atoms with van der Waals surface area (Å²) >= 11 is 0. The predicted octanol–water partition coefficient (Wildman–Crippen LogP) is 2.79. The lowest BCUT2D eigenvalue weighted by atomic mass is 9.70. The molecule has 0 amide bonds. The normalized spacial score (nSPS) is 30.6. The Morgan fingerprint density at radius 1 is 1.37 bits per heavy atom. The molecule has 0 bridgehead atoms. The molecule has 0 spiro atoms. The van der Waals surface area contributed by atoms with E-state index in [-0.39, 0.29) is 17.9 Å². The van der Waals surface area contributed by atoms with Gasteiger partial charge in [0.05, 0.1) is 56.2 Å². The number of piperidine rings is 2. The lowest BCUT2D eigenvalue weighted by Crippen LogP contribution is -2.60. The van der Waals surface area contributed by atoms with Crippen molar-refractivity contribution in [2.24, 2.45) is 16.8 Å². The van der Waals surface area contributed by atoms with Gasteiger partial charge in [0.1, 0.15) is 11.4 Å². The van der Waals surface area contributed by atoms with Crippen LogP contribution < -0.4 is 4.74 Å². The van der Waals surface area contributed by atoms with E-state index in [1.807, 2.05) is 18.2 Å². The van der Waals surface area contributed by atoms with Crippen LogP contribution in [0.25, 0.3) is 0 Å². The highest BCUT2D eigenvalue weighted by atomic mass is 16.5. The van der Waals surface area contributed by atoms with Crippen molar-refractivity contribution < 1.29 is 24.1 Å². The molecule has 2 fully saturated rings. The number of esters is 1. The maximum Gasteiger partial charge on any atom is 0.337 e. The number of carbonyl (C=O) groups excluding carboxylic acids is 1. The molecule has 3 aliphatic heterocycles. The molecular weight excluding hydrogens is 384 g/mol. The predicted molar refractivity (Wildman–Crippen MR) is 113 cm³/mol. The van der Waals surface area contributed by atoms with Crippen LogP contribution in [0.1, 0.15) is 31.7 Å². The van der Waals surface area contributed by atoms with E-state index in [0.29, 0.717) is 30.1 Å². The quantitative estimate of drug-likeness (QED) is 0.453. The largest absolute Gasteiger partial charge is 0.504 e. The van der Waals surface area contributed by atoms with Crippen LogP contribution in [0.3, 0.4) is 0 Å². The van der Waals surface area contributed by atoms with Crippen LogP contribution in [0.4, 0.5) is 5.69 Å². The Hall–Kier alpha value is -2.38. The smallest absolute Gasteiger partial charge is 0.337 e. The Kier molecular flexibility index (Phi) is 5.59. The molecule has 0 aliphatic carbocycles. The molecule has 7 nitrogen and oxygen atoms in total. The Balaban J connectivity index is 1.72. The fraction of sp³-hybridized carbons (Fsp3) is 0.565. The summed E-state index contributed by atoms with van der Waals surface area (Å²) in [6.45, 7) is 3.75. The number of carbonyl (C=O) groups is 1. The number of aliphatic hydroxyl groups is 1. The van der Waals surface area contributed by atoms with Crippen LogP contribution in [-0.4, -0.2) is 62.1 Å². The third kappa shape index (κ3) is 3.11. The van der Waals surface area contributed by atoms with Crippen molar-refractivity contribution in [1.29, 1.82) is 0 Å². The summed E-state index contributed by atoms with van der Waals surface area (Å²) in [6, 6.07) is 5.63. The number of aliphatic imine (C=N–C) groups is 1. The minimum atomic E-state index is -1.14. The fourth-order valence-electron chi connectivity index (χ4n) is 5.45. The molecule has 4 rings (SSSR count). The molecule has 162 valence electrons. The van der Waals surface area contributed by atoms with Gasteiger partial charge in [-0.15, -0.1) is 0 Å². The first kappa shape index (κ1) is 20.9. The highest BCUT2D eigenvalue weighted by molar-refractivity contribution is 6.05. The van der Waals surface area contributed by atoms with Gasteiger partial charge in [-0.05, 0) is 36.8 Å². The first-order chi connectivity index (χ1) is 14.5. The number of methoxy groups -OCH3 is 3. The Labute approximate surface area is 177 Å². The van der Waals surface area contributed by atoms with Crippen LogP contribution in [0, 0.1) is 11.8 Å². The minimum Gasteiger partial charge on any atom is -0.504 e. The summed E-state index contributed by atoms with van der Waals surface area (Å²) in [6.07, 6.45) is 3.71. The SMILES string of the molecule is CC[C@H]1CN2CC[C@]3(O)C(=Nc4cccc(OC)c43)[C@H]2C[C@@H]1/C(=C\OC)C(=O)OC. The van der Waals surface area contributed by atoms with Crippen LogP contribution in [-0.2, 0) is 19.9 Å². The van der Waals surface area contributed by atoms with Crippen molar-refractivity contribution >= 4 is 17.4 Å². The summed E-state index contributed by atoms with van der Waals surface area (Å²) in [5.74, 6) is 0.569. The summed E-state index contributed by atoms with van der Waals surface area (Å²) in [5, 5.41) is 11.8. The maximum atomic E-state index is 12.5. The number of nitrogens with zero attached hydrogens (tertiary/aromatic N) is 2. The van der Waals surface area contributed by atoms with Gasteiger partial charge in [-0.3, -0.25) is 9.89 Å². The van der Waals surface area contributed by atoms with Crippen molar-refractivity contribution in [3.63, 3.8) is 0 Å². The summed E-state index contributed by atoms with van der Waals surface area (Å²) in [5.41, 5.74) is 1.70. The van der Waals surface area contributed by atoms with Gasteiger partial charge in [0.2, 0.25) is 0 Å². The van der Waals surface area contributed by atoms with Gasteiger partial charge in [0.15, 0.2) is 0 Å². The average Bonchev–Trinajstić information content (AvgIpc) is 3.09. The van der Waals surface area contributed by atoms with Gasteiger partial charge >= 0.3 is 5.97 Å². The van der Waals surface area contributed by atoms with E-state index in [1.165, 1.54) is 13.4 Å². The standard InChI is InChI=1S/C23H30N2O5/c1-5-14-12-25-10-9-23(27)20-17(7-6-8-19(20)29-3)24-21(23)18(25)11-15(14)16(13-28-2)22(26)30-4/h6-8,13-15,18,27H,5,9-12H2,1-4H3/b16-13+/t14-,15-,18+,23+/m0/s1. The fourth-order valence-corrected chi connectivity index (χ4v) is 5.45. The lowest BCUT2D eigenvalue weighted by Gasteiger charge is -2.50. The van der Waals surface area contributed by atoms with Crippen molar-refractivity contribution in [3.8, 4) is 5.75 Å². The second-order valence-corrected chi connectivity index (χ2v) is 8.28. The van der Waals surface area contributed by atoms with Crippen molar-refractivity contribution in [2.45, 2.75) is 37.8 Å². The Morgan fingerprint density at radius 3 is 2.83 bits per heavy atom. The second-order valence-electron chi connectivity index (χ2n) is 8.28. The highest BCUT2D eigenvalue weighted by Gasteiger charge is 2.54. The number of fused-ring (bicyclic) bond motifs is 5. The summed E-state index contributed by atoms with van der Waals surface area (Å²) in [4.78, 5) is 19.8. The molecular formula is C23H30N2O5. The molecule has 0 aromatic heterocycles. The molecule has 1 aromatic rings. The first-order valence-electron chi connectivity index (χ1n) is 10.5. The minimum absolute atomic E-state index is 0.0284. The molecule has 1 aromatic carbocycles. The Morgan fingerprint density at radius 2 is 2.17 bits per heavy atom. The van der Waals surface area contributed by atoms with Crippen molar-refractivity contribution in [1.82, 2.24) is 4.90 Å². The van der Waals surface area contributed by atoms with Gasteiger partial charge in [0.25, 0.3) is 0 Å². The third-order valence-electron chi connectivity index (χ3n) is 6.92. The van der Waals surface area contributed by atoms with E-state index >= 15 is 0 Å². The van der Waals surface area contributed by atoms with Gasteiger partial charge in [-0.25, -0.2) is 4.79 Å². The van der Waals surface area contributed by atoms with E-state index < -0.39 is 5.60 Å². The molecule has 2 saturated heterocycles. The highest BCUT2D eigenvalue weighted by Crippen LogP contribution is 2.51. The monoisotopic (exact) mass is 414 g/mol. The first-order valence-corrected chi connectivity index (χ1v) is 10.5. The van der Waals surface area contributed by atoms with Gasteiger partial charge in [-0.1, -0.05) is 19.4 Å². The van der Waals surface area contributed by atoms with Crippen LogP contribution >= 0.6 is 0 Å². The van der Waals surface area contributed by atoms with Crippen LogP contribution in [0.5, 0.6) is 5.75 Å². The maximum absolute atomic E-state index is 12.5. The molecule has 30 heavy (non-hydrogen) atoms. The molecule has 4 atom stereocenters. The number of hydrogen-bond donors (Lipinski definition) is 1. The van der Waals surface area contributed by atoms with E-state index in [2.05, 4.69) is 11.8 Å². The topological polar surface area (TPSA) is 80.6 Å². The molecule has 7 heteroatoms. The molecule has 0 unspecified atom stereocenters. The van der Waals surface area contributed by atoms with E-state index in [4.69, 9.17) is 19.2 Å². The van der Waals surface area contributed by atoms with Gasteiger partial charge < -0.3 is 19.3 Å². The number of rotatable bonds is 5. The third-order valence-corrected chi connectivity index (χ3v) is 6.92. The molecule has 0 saturated carbocycles. The zero-order valence-electron chi connectivity index (χ0n) is 18.1. The second kappa shape index (κ2) is 8.04. The van der Waals surface area contributed by atoms with Gasteiger partial charge in [0, 0.05) is 13.1 Å². The number of ether oxygens (including phenoxy) is 3. The van der Waals surface area contributed by atoms with Crippen molar-refractivity contribution in [2.75, 3.05) is 34.4 Å². The Bertz CT molecular complexity index is 896. The number of hydrogen-bond acceptors (Lipinski definition) is 7. The zero-order chi connectivity index (χ0) is 21.5. The van der Waals surface area contributed by atoms with Gasteiger partial charge in [-0.2, -0.15) is 0 Å². The summed E-state index contributed by atoms with van der Waals surface area (Å²) < 4.78 is 15.8.